The molecule has 0 aromatic rings. The van der Waals surface area contributed by atoms with Crippen LogP contribution in [0.3, 0.4) is 0 Å². The molecule has 3 heteroatoms. The maximum Gasteiger partial charge on any atom is 0.0666 e. The quantitative estimate of drug-likeness (QED) is 0.597. The summed E-state index contributed by atoms with van der Waals surface area (Å²) in [6, 6.07) is 4.19. The van der Waals surface area contributed by atoms with Crippen LogP contribution in [-0.4, -0.2) is 13.1 Å². The Bertz CT molecular complexity index is 163. The van der Waals surface area contributed by atoms with Crippen LogP contribution >= 0.6 is 0 Å². The first-order valence-electron chi connectivity index (χ1n) is 3.78. The van der Waals surface area contributed by atoms with Crippen molar-refractivity contribution in [2.24, 2.45) is 5.92 Å². The number of nitriles is 2. The van der Waals surface area contributed by atoms with Crippen molar-refractivity contribution in [2.45, 2.75) is 19.8 Å². The summed E-state index contributed by atoms with van der Waals surface area (Å²) < 4.78 is 0. The fraction of sp³-hybridized carbons (Fsp3) is 0.750. The van der Waals surface area contributed by atoms with Crippen LogP contribution in [0.5, 0.6) is 0 Å². The van der Waals surface area contributed by atoms with E-state index in [4.69, 9.17) is 10.5 Å². The minimum absolute atomic E-state index is 0.0667. The summed E-state index contributed by atoms with van der Waals surface area (Å²) in [5.41, 5.74) is 0. The Morgan fingerprint density at radius 2 is 2.18 bits per heavy atom. The molecular formula is C8H13N3. The molecule has 0 spiro atoms. The Hall–Kier alpha value is -1.06. The number of unbranched alkanes of at least 4 members (excludes halogenated alkanes) is 1. The molecule has 0 saturated carbocycles. The van der Waals surface area contributed by atoms with E-state index in [-0.39, 0.29) is 5.92 Å². The zero-order valence-electron chi connectivity index (χ0n) is 6.80. The van der Waals surface area contributed by atoms with Crippen molar-refractivity contribution in [1.29, 1.82) is 10.5 Å². The molecule has 0 aliphatic heterocycles. The minimum atomic E-state index is 0.0667. The molecule has 0 saturated heterocycles. The van der Waals surface area contributed by atoms with Crippen molar-refractivity contribution in [3.05, 3.63) is 0 Å². The second-order valence-corrected chi connectivity index (χ2v) is 2.50. The average Bonchev–Trinajstić information content (AvgIpc) is 2.04. The molecule has 11 heavy (non-hydrogen) atoms. The van der Waals surface area contributed by atoms with Gasteiger partial charge in [-0.15, -0.1) is 0 Å². The summed E-state index contributed by atoms with van der Waals surface area (Å²) in [5, 5.41) is 19.7. The molecule has 0 bridgehead atoms. The maximum atomic E-state index is 8.40. The van der Waals surface area contributed by atoms with Crippen LogP contribution in [0.15, 0.2) is 0 Å². The molecule has 0 aliphatic rings. The number of hydrogen-bond donors (Lipinski definition) is 1. The van der Waals surface area contributed by atoms with Crippen LogP contribution < -0.4 is 5.32 Å². The predicted molar refractivity (Wildman–Crippen MR) is 42.5 cm³/mol. The lowest BCUT2D eigenvalue weighted by Gasteiger charge is -2.02. The van der Waals surface area contributed by atoms with Gasteiger partial charge >= 0.3 is 0 Å². The Balaban J connectivity index is 3.04. The molecule has 0 amide bonds. The van der Waals surface area contributed by atoms with Gasteiger partial charge in [-0.1, -0.05) is 0 Å². The smallest absolute Gasteiger partial charge is 0.0666 e. The number of hydrogen-bond acceptors (Lipinski definition) is 3. The van der Waals surface area contributed by atoms with Gasteiger partial charge in [-0.3, -0.25) is 0 Å². The van der Waals surface area contributed by atoms with E-state index in [0.717, 1.165) is 19.5 Å². The van der Waals surface area contributed by atoms with E-state index >= 15 is 0 Å². The number of nitrogens with zero attached hydrogens (tertiary/aromatic N) is 2. The van der Waals surface area contributed by atoms with Gasteiger partial charge in [0, 0.05) is 13.0 Å². The molecular weight excluding hydrogens is 138 g/mol. The van der Waals surface area contributed by atoms with E-state index in [1.807, 2.05) is 6.92 Å². The zero-order chi connectivity index (χ0) is 8.53. The molecule has 0 aromatic carbocycles. The summed E-state index contributed by atoms with van der Waals surface area (Å²) >= 11 is 0. The Morgan fingerprint density at radius 1 is 1.45 bits per heavy atom. The third-order valence-corrected chi connectivity index (χ3v) is 1.31. The van der Waals surface area contributed by atoms with Crippen molar-refractivity contribution in [3.8, 4) is 12.1 Å². The summed E-state index contributed by atoms with van der Waals surface area (Å²) in [6.45, 7) is 3.43. The molecule has 1 atom stereocenters. The van der Waals surface area contributed by atoms with Crippen molar-refractivity contribution in [3.63, 3.8) is 0 Å². The van der Waals surface area contributed by atoms with Crippen LogP contribution in [0.25, 0.3) is 0 Å². The minimum Gasteiger partial charge on any atom is -0.315 e. The lowest BCUT2D eigenvalue weighted by atomic mass is 10.2. The second-order valence-electron chi connectivity index (χ2n) is 2.50. The summed E-state index contributed by atoms with van der Waals surface area (Å²) in [5.74, 6) is 0.0667. The van der Waals surface area contributed by atoms with E-state index in [2.05, 4.69) is 17.5 Å². The Labute approximate surface area is 67.6 Å². The number of nitrogens with one attached hydrogen (secondary N) is 1. The zero-order valence-corrected chi connectivity index (χ0v) is 6.80. The molecule has 0 aromatic heterocycles. The highest BCUT2D eigenvalue weighted by Crippen LogP contribution is 1.88. The normalized spacial score (nSPS) is 11.5. The molecule has 0 radical (unpaired) electrons. The van der Waals surface area contributed by atoms with E-state index in [1.165, 1.54) is 0 Å². The predicted octanol–water partition coefficient (Wildman–Crippen LogP) is 1.04. The topological polar surface area (TPSA) is 59.6 Å². The average molecular weight is 151 g/mol. The van der Waals surface area contributed by atoms with Gasteiger partial charge in [0.25, 0.3) is 0 Å². The van der Waals surface area contributed by atoms with E-state index < -0.39 is 0 Å². The second kappa shape index (κ2) is 7.05. The van der Waals surface area contributed by atoms with Gasteiger partial charge in [0.2, 0.25) is 0 Å². The summed E-state index contributed by atoms with van der Waals surface area (Å²) in [4.78, 5) is 0. The first-order chi connectivity index (χ1) is 5.31. The van der Waals surface area contributed by atoms with E-state index in [9.17, 15) is 0 Å². The van der Waals surface area contributed by atoms with Crippen molar-refractivity contribution in [1.82, 2.24) is 5.32 Å². The Morgan fingerprint density at radius 3 is 2.73 bits per heavy atom. The monoisotopic (exact) mass is 151 g/mol. The van der Waals surface area contributed by atoms with Gasteiger partial charge in [0.05, 0.1) is 18.1 Å². The van der Waals surface area contributed by atoms with Crippen LogP contribution in [0.4, 0.5) is 0 Å². The first kappa shape index (κ1) is 9.94. The van der Waals surface area contributed by atoms with E-state index in [0.29, 0.717) is 6.42 Å². The fourth-order valence-electron chi connectivity index (χ4n) is 0.657. The van der Waals surface area contributed by atoms with Crippen LogP contribution in [0.1, 0.15) is 19.8 Å². The SMILES string of the molecule is CC(C#N)CNCCCC#N. The molecule has 0 heterocycles. The lowest BCUT2D eigenvalue weighted by Crippen LogP contribution is -2.21. The molecule has 60 valence electrons. The molecule has 0 fully saturated rings. The van der Waals surface area contributed by atoms with Crippen molar-refractivity contribution < 1.29 is 0 Å². The van der Waals surface area contributed by atoms with Crippen LogP contribution in [0.2, 0.25) is 0 Å². The molecule has 1 N–H and O–H groups in total. The molecule has 0 aliphatic carbocycles. The van der Waals surface area contributed by atoms with Crippen molar-refractivity contribution in [2.75, 3.05) is 13.1 Å². The van der Waals surface area contributed by atoms with E-state index in [1.54, 1.807) is 0 Å². The third kappa shape index (κ3) is 6.83. The first-order valence-corrected chi connectivity index (χ1v) is 3.78. The molecule has 3 nitrogen and oxygen atoms in total. The standard InChI is InChI=1S/C8H13N3/c1-8(6-10)7-11-5-3-2-4-9/h8,11H,2-3,5,7H2,1H3. The fourth-order valence-corrected chi connectivity index (χ4v) is 0.657. The van der Waals surface area contributed by atoms with Gasteiger partial charge in [-0.25, -0.2) is 0 Å². The van der Waals surface area contributed by atoms with Gasteiger partial charge in [0.15, 0.2) is 0 Å². The third-order valence-electron chi connectivity index (χ3n) is 1.31. The lowest BCUT2D eigenvalue weighted by molar-refractivity contribution is 0.588. The van der Waals surface area contributed by atoms with Gasteiger partial charge in [0.1, 0.15) is 0 Å². The summed E-state index contributed by atoms with van der Waals surface area (Å²) in [6.07, 6.45) is 1.46. The van der Waals surface area contributed by atoms with Crippen LogP contribution in [-0.2, 0) is 0 Å². The van der Waals surface area contributed by atoms with Gasteiger partial charge < -0.3 is 5.32 Å². The largest absolute Gasteiger partial charge is 0.315 e. The molecule has 0 rings (SSSR count). The number of rotatable bonds is 5. The maximum absolute atomic E-state index is 8.40. The van der Waals surface area contributed by atoms with Gasteiger partial charge in [-0.05, 0) is 19.9 Å². The Kier molecular flexibility index (Phi) is 6.37. The summed E-state index contributed by atoms with van der Waals surface area (Å²) in [7, 11) is 0. The highest BCUT2D eigenvalue weighted by atomic mass is 14.8. The highest BCUT2D eigenvalue weighted by molar-refractivity contribution is 4.80. The highest BCUT2D eigenvalue weighted by Gasteiger charge is 1.96. The van der Waals surface area contributed by atoms with Crippen LogP contribution in [0, 0.1) is 28.6 Å². The molecule has 1 unspecified atom stereocenters. The van der Waals surface area contributed by atoms with Crippen molar-refractivity contribution >= 4 is 0 Å². The van der Waals surface area contributed by atoms with Gasteiger partial charge in [-0.2, -0.15) is 10.5 Å².